The molecule has 0 saturated carbocycles. The zero-order chi connectivity index (χ0) is 12.6. The molecule has 8 heteroatoms. The normalized spacial score (nSPS) is 23.6. The van der Waals surface area contributed by atoms with Gasteiger partial charge in [-0.2, -0.15) is 0 Å². The third-order valence-electron chi connectivity index (χ3n) is 3.15. The van der Waals surface area contributed by atoms with E-state index < -0.39 is 8.25 Å². The lowest BCUT2D eigenvalue weighted by Gasteiger charge is -2.28. The molecule has 0 aromatic carbocycles. The largest absolute Gasteiger partial charge is 0.321 e. The van der Waals surface area contributed by atoms with Crippen LogP contribution >= 0.6 is 8.25 Å². The van der Waals surface area contributed by atoms with Crippen molar-refractivity contribution in [3.8, 4) is 0 Å². The van der Waals surface area contributed by atoms with Crippen LogP contribution in [0.1, 0.15) is 0 Å². The van der Waals surface area contributed by atoms with Crippen molar-refractivity contribution in [2.24, 2.45) is 0 Å². The topological polar surface area (TPSA) is 66.1 Å². The average Bonchev–Trinajstić information content (AvgIpc) is 2.45. The fraction of sp³-hybridized carbons (Fsp3) is 1.00. The van der Waals surface area contributed by atoms with Gasteiger partial charge in [0, 0.05) is 52.4 Å². The van der Waals surface area contributed by atoms with Gasteiger partial charge in [0.2, 0.25) is 0 Å². The summed E-state index contributed by atoms with van der Waals surface area (Å²) in [4.78, 5) is 4.26. The number of hydrogen-bond donors (Lipinski definition) is 2. The Balaban J connectivity index is 1.54. The van der Waals surface area contributed by atoms with Gasteiger partial charge in [-0.1, -0.05) is 0 Å². The Labute approximate surface area is 109 Å². The maximum atomic E-state index is 11.6. The minimum Gasteiger partial charge on any atom is -0.314 e. The Morgan fingerprint density at radius 2 is 1.22 bits per heavy atom. The molecule has 2 heterocycles. The molecule has 106 valence electrons. The first-order valence-electron chi connectivity index (χ1n) is 6.50. The first-order valence-corrected chi connectivity index (χ1v) is 7.73. The van der Waals surface area contributed by atoms with Gasteiger partial charge in [0.15, 0.2) is 0 Å². The van der Waals surface area contributed by atoms with Crippen LogP contribution in [-0.4, -0.2) is 75.6 Å². The van der Waals surface area contributed by atoms with Gasteiger partial charge < -0.3 is 10.6 Å². The van der Waals surface area contributed by atoms with Crippen molar-refractivity contribution in [2.45, 2.75) is 0 Å². The molecule has 2 fully saturated rings. The van der Waals surface area contributed by atoms with Crippen LogP contribution in [0.15, 0.2) is 0 Å². The molecule has 18 heavy (non-hydrogen) atoms. The summed E-state index contributed by atoms with van der Waals surface area (Å²) in [6.07, 6.45) is 0. The lowest BCUT2D eigenvalue weighted by molar-refractivity contribution is 0.0711. The molecule has 0 aromatic heterocycles. The summed E-state index contributed by atoms with van der Waals surface area (Å²) in [5.41, 5.74) is 0. The van der Waals surface area contributed by atoms with Crippen molar-refractivity contribution in [1.82, 2.24) is 20.4 Å². The smallest absolute Gasteiger partial charge is 0.314 e. The number of nitrogens with one attached hydrogen (secondary N) is 2. The van der Waals surface area contributed by atoms with Crippen LogP contribution in [0.4, 0.5) is 0 Å². The lowest BCUT2D eigenvalue weighted by Crippen LogP contribution is -2.44. The zero-order valence-corrected chi connectivity index (χ0v) is 11.7. The molecule has 0 aliphatic carbocycles. The third-order valence-corrected chi connectivity index (χ3v) is 3.88. The van der Waals surface area contributed by atoms with E-state index in [9.17, 15) is 4.57 Å². The molecule has 0 unspecified atom stereocenters. The van der Waals surface area contributed by atoms with E-state index >= 15 is 0 Å². The van der Waals surface area contributed by atoms with Gasteiger partial charge in [0.05, 0.1) is 0 Å². The molecule has 0 aromatic rings. The van der Waals surface area contributed by atoms with E-state index in [4.69, 9.17) is 9.05 Å². The summed E-state index contributed by atoms with van der Waals surface area (Å²) < 4.78 is 22.1. The highest BCUT2D eigenvalue weighted by molar-refractivity contribution is 7.33. The van der Waals surface area contributed by atoms with Crippen LogP contribution in [0, 0.1) is 0 Å². The molecular formula is C10H23N4O3P. The van der Waals surface area contributed by atoms with Crippen LogP contribution in [0.25, 0.3) is 0 Å². The Morgan fingerprint density at radius 1 is 0.833 bits per heavy atom. The molecular weight excluding hydrogens is 255 g/mol. The van der Waals surface area contributed by atoms with Gasteiger partial charge in [0.1, 0.15) is 13.5 Å². The highest BCUT2D eigenvalue weighted by atomic mass is 31.1. The summed E-state index contributed by atoms with van der Waals surface area (Å²) >= 11 is 0. The summed E-state index contributed by atoms with van der Waals surface area (Å²) in [5, 5.41) is 6.52. The van der Waals surface area contributed by atoms with Crippen LogP contribution in [0.5, 0.6) is 0 Å². The van der Waals surface area contributed by atoms with Crippen molar-refractivity contribution in [2.75, 3.05) is 65.8 Å². The molecule has 0 amide bonds. The fourth-order valence-corrected chi connectivity index (χ4v) is 2.67. The van der Waals surface area contributed by atoms with Gasteiger partial charge in [-0.25, -0.2) is 0 Å². The Hall–Kier alpha value is -0.0100. The quantitative estimate of drug-likeness (QED) is 0.613. The molecule has 0 bridgehead atoms. The number of piperazine rings is 2. The first kappa shape index (κ1) is 14.4. The summed E-state index contributed by atoms with van der Waals surface area (Å²) in [6, 6.07) is 0. The van der Waals surface area contributed by atoms with E-state index in [1.54, 1.807) is 0 Å². The first-order chi connectivity index (χ1) is 8.84. The Morgan fingerprint density at radius 3 is 1.61 bits per heavy atom. The van der Waals surface area contributed by atoms with Gasteiger partial charge in [-0.3, -0.25) is 23.4 Å². The maximum absolute atomic E-state index is 11.6. The predicted molar refractivity (Wildman–Crippen MR) is 69.8 cm³/mol. The molecule has 2 N–H and O–H groups in total. The second-order valence-corrected chi connectivity index (χ2v) is 5.61. The number of rotatable bonds is 6. The van der Waals surface area contributed by atoms with E-state index in [0.29, 0.717) is 13.5 Å². The number of nitrogens with zero attached hydrogens (tertiary/aromatic N) is 2. The van der Waals surface area contributed by atoms with Crippen molar-refractivity contribution < 1.29 is 13.6 Å². The zero-order valence-electron chi connectivity index (χ0n) is 10.7. The van der Waals surface area contributed by atoms with Crippen molar-refractivity contribution in [3.63, 3.8) is 0 Å². The van der Waals surface area contributed by atoms with E-state index in [1.165, 1.54) is 0 Å². The molecule has 2 aliphatic rings. The molecule has 0 spiro atoms. The number of hydrogen-bond acceptors (Lipinski definition) is 7. The second-order valence-electron chi connectivity index (χ2n) is 4.53. The van der Waals surface area contributed by atoms with Crippen LogP contribution in [0.2, 0.25) is 0 Å². The SMILES string of the molecule is O=[PH](OCN1CCNCC1)OCN1CCNCC1. The fourth-order valence-electron chi connectivity index (χ4n) is 2.01. The standard InChI is InChI=1S/C10H23N4O3P/c15-18(16-9-13-5-1-11-2-6-13)17-10-14-7-3-12-4-8-14/h11-12,18H,1-10H2. The van der Waals surface area contributed by atoms with Gasteiger partial charge in [-0.05, 0) is 0 Å². The highest BCUT2D eigenvalue weighted by Gasteiger charge is 2.13. The molecule has 2 saturated heterocycles. The minimum absolute atomic E-state index is 0.404. The molecule has 0 atom stereocenters. The van der Waals surface area contributed by atoms with Crippen molar-refractivity contribution in [3.05, 3.63) is 0 Å². The molecule has 0 radical (unpaired) electrons. The van der Waals surface area contributed by atoms with Gasteiger partial charge >= 0.3 is 8.25 Å². The van der Waals surface area contributed by atoms with Crippen LogP contribution < -0.4 is 10.6 Å². The maximum Gasteiger partial charge on any atom is 0.321 e. The van der Waals surface area contributed by atoms with Crippen molar-refractivity contribution in [1.29, 1.82) is 0 Å². The summed E-state index contributed by atoms with van der Waals surface area (Å²) in [7, 11) is -2.36. The van der Waals surface area contributed by atoms with Crippen LogP contribution in [-0.2, 0) is 13.6 Å². The Bertz CT molecular complexity index is 234. The summed E-state index contributed by atoms with van der Waals surface area (Å²) in [5.74, 6) is 0. The van der Waals surface area contributed by atoms with E-state index in [2.05, 4.69) is 20.4 Å². The van der Waals surface area contributed by atoms with E-state index in [1.807, 2.05) is 0 Å². The van der Waals surface area contributed by atoms with Crippen LogP contribution in [0.3, 0.4) is 0 Å². The predicted octanol–water partition coefficient (Wildman–Crippen LogP) is -0.865. The van der Waals surface area contributed by atoms with Gasteiger partial charge in [0.25, 0.3) is 0 Å². The van der Waals surface area contributed by atoms with Gasteiger partial charge in [-0.15, -0.1) is 0 Å². The monoisotopic (exact) mass is 278 g/mol. The highest BCUT2D eigenvalue weighted by Crippen LogP contribution is 2.24. The lowest BCUT2D eigenvalue weighted by atomic mass is 10.4. The molecule has 7 nitrogen and oxygen atoms in total. The van der Waals surface area contributed by atoms with Crippen molar-refractivity contribution >= 4 is 8.25 Å². The Kier molecular flexibility index (Phi) is 6.58. The molecule has 2 aliphatic heterocycles. The third kappa shape index (κ3) is 5.32. The summed E-state index contributed by atoms with van der Waals surface area (Å²) in [6.45, 7) is 8.41. The van der Waals surface area contributed by atoms with E-state index in [-0.39, 0.29) is 0 Å². The second kappa shape index (κ2) is 8.22. The van der Waals surface area contributed by atoms with E-state index in [0.717, 1.165) is 52.4 Å². The minimum atomic E-state index is -2.36. The average molecular weight is 278 g/mol. The molecule has 2 rings (SSSR count).